The van der Waals surface area contributed by atoms with Crippen molar-refractivity contribution in [2.75, 3.05) is 0 Å². The Morgan fingerprint density at radius 3 is 1.76 bits per heavy atom. The third-order valence-corrected chi connectivity index (χ3v) is 11.0. The molecule has 0 N–H and O–H groups in total. The van der Waals surface area contributed by atoms with E-state index >= 15 is 0 Å². The van der Waals surface area contributed by atoms with Gasteiger partial charge in [0.25, 0.3) is 0 Å². The Bertz CT molecular complexity index is 3350. The first-order valence-corrected chi connectivity index (χ1v) is 18.4. The van der Waals surface area contributed by atoms with Crippen LogP contribution >= 0.6 is 0 Å². The summed E-state index contributed by atoms with van der Waals surface area (Å²) >= 11 is 0. The fraction of sp³-hybridized carbons (Fsp3) is 0. The van der Waals surface area contributed by atoms with Gasteiger partial charge in [0.2, 0.25) is 11.8 Å². The molecular formula is C49H29N5O. The van der Waals surface area contributed by atoms with E-state index in [1.165, 1.54) is 27.4 Å². The number of ether oxygens (including phenoxy) is 1. The molecule has 0 atom stereocenters. The van der Waals surface area contributed by atoms with Crippen molar-refractivity contribution in [1.29, 1.82) is 0 Å². The van der Waals surface area contributed by atoms with E-state index in [0.29, 0.717) is 17.6 Å². The number of aromatic nitrogens is 5. The van der Waals surface area contributed by atoms with Crippen molar-refractivity contribution < 1.29 is 4.74 Å². The first-order valence-electron chi connectivity index (χ1n) is 18.4. The Labute approximate surface area is 315 Å². The van der Waals surface area contributed by atoms with Crippen molar-refractivity contribution >= 4 is 54.5 Å². The van der Waals surface area contributed by atoms with Crippen molar-refractivity contribution in [2.45, 2.75) is 0 Å². The molecule has 256 valence electrons. The second-order valence-corrected chi connectivity index (χ2v) is 14.0. The van der Waals surface area contributed by atoms with Crippen molar-refractivity contribution in [2.24, 2.45) is 0 Å². The topological polar surface area (TPSA) is 57.8 Å². The summed E-state index contributed by atoms with van der Waals surface area (Å²) in [5.74, 6) is 1.86. The SMILES string of the molecule is c1ccc(-c2ccc3c(n2)Oc2cccc4nc(-n5c6ccccc6c6cc(-c7ccc8c(c7)c7ccccc7n8-c7ccccc7)ccc65)nc-3c24)cc1. The number of para-hydroxylation sites is 3. The maximum absolute atomic E-state index is 6.41. The molecule has 55 heavy (non-hydrogen) atoms. The highest BCUT2D eigenvalue weighted by atomic mass is 16.5. The quantitative estimate of drug-likeness (QED) is 0.183. The molecule has 4 aromatic heterocycles. The van der Waals surface area contributed by atoms with Gasteiger partial charge in [-0.1, -0.05) is 103 Å². The minimum atomic E-state index is 0.543. The minimum Gasteiger partial charge on any atom is -0.437 e. The average Bonchev–Trinajstić information content (AvgIpc) is 3.76. The Hall–Kier alpha value is -7.57. The summed E-state index contributed by atoms with van der Waals surface area (Å²) in [5, 5.41) is 5.64. The molecule has 0 fully saturated rings. The molecule has 12 rings (SSSR count). The summed E-state index contributed by atoms with van der Waals surface area (Å²) < 4.78 is 11.0. The summed E-state index contributed by atoms with van der Waals surface area (Å²) in [6.45, 7) is 0. The van der Waals surface area contributed by atoms with Gasteiger partial charge >= 0.3 is 0 Å². The highest BCUT2D eigenvalue weighted by molar-refractivity contribution is 6.13. The Morgan fingerprint density at radius 1 is 0.418 bits per heavy atom. The van der Waals surface area contributed by atoms with E-state index in [1.54, 1.807) is 0 Å². The number of nitrogens with zero attached hydrogens (tertiary/aromatic N) is 5. The number of rotatable bonds is 4. The molecule has 0 spiro atoms. The first-order chi connectivity index (χ1) is 27.3. The molecule has 6 heteroatoms. The van der Waals surface area contributed by atoms with Crippen molar-refractivity contribution in [3.63, 3.8) is 0 Å². The summed E-state index contributed by atoms with van der Waals surface area (Å²) in [4.78, 5) is 15.5. The monoisotopic (exact) mass is 703 g/mol. The van der Waals surface area contributed by atoms with Gasteiger partial charge < -0.3 is 9.30 Å². The zero-order valence-electron chi connectivity index (χ0n) is 29.4. The second kappa shape index (κ2) is 11.5. The molecule has 0 saturated heterocycles. The first kappa shape index (κ1) is 29.9. The number of hydrogen-bond acceptors (Lipinski definition) is 4. The Kier molecular flexibility index (Phi) is 6.24. The van der Waals surface area contributed by atoms with Gasteiger partial charge in [0.05, 0.1) is 49.9 Å². The van der Waals surface area contributed by atoms with Crippen LogP contribution in [-0.4, -0.2) is 24.1 Å². The molecule has 7 aromatic carbocycles. The van der Waals surface area contributed by atoms with Crippen molar-refractivity contribution in [3.8, 4) is 56.9 Å². The molecule has 5 heterocycles. The fourth-order valence-electron chi connectivity index (χ4n) is 8.47. The van der Waals surface area contributed by atoms with Crippen LogP contribution in [0.2, 0.25) is 0 Å². The highest BCUT2D eigenvalue weighted by Crippen LogP contribution is 2.46. The van der Waals surface area contributed by atoms with Crippen LogP contribution in [0.4, 0.5) is 0 Å². The van der Waals surface area contributed by atoms with Crippen LogP contribution in [0.1, 0.15) is 0 Å². The lowest BCUT2D eigenvalue weighted by atomic mass is 10.0. The zero-order valence-corrected chi connectivity index (χ0v) is 29.4. The Balaban J connectivity index is 1.03. The van der Waals surface area contributed by atoms with Gasteiger partial charge in [-0.15, -0.1) is 0 Å². The van der Waals surface area contributed by atoms with Crippen LogP contribution in [-0.2, 0) is 0 Å². The van der Waals surface area contributed by atoms with Gasteiger partial charge in [0, 0.05) is 32.8 Å². The molecule has 0 amide bonds. The van der Waals surface area contributed by atoms with Crippen LogP contribution in [0.25, 0.3) is 99.8 Å². The number of fused-ring (bicyclic) bond motifs is 8. The molecule has 1 aliphatic heterocycles. The molecule has 11 aromatic rings. The minimum absolute atomic E-state index is 0.543. The van der Waals surface area contributed by atoms with E-state index in [1.807, 2.05) is 42.5 Å². The van der Waals surface area contributed by atoms with E-state index in [4.69, 9.17) is 19.7 Å². The molecule has 0 radical (unpaired) electrons. The fourth-order valence-corrected chi connectivity index (χ4v) is 8.47. The van der Waals surface area contributed by atoms with Gasteiger partial charge in [-0.2, -0.15) is 0 Å². The highest BCUT2D eigenvalue weighted by Gasteiger charge is 2.26. The smallest absolute Gasteiger partial charge is 0.235 e. The Morgan fingerprint density at radius 2 is 1.04 bits per heavy atom. The zero-order chi connectivity index (χ0) is 36.0. The van der Waals surface area contributed by atoms with E-state index in [9.17, 15) is 0 Å². The number of benzene rings is 7. The van der Waals surface area contributed by atoms with E-state index in [-0.39, 0.29) is 0 Å². The van der Waals surface area contributed by atoms with E-state index in [2.05, 4.69) is 143 Å². The summed E-state index contributed by atoms with van der Waals surface area (Å²) in [6.07, 6.45) is 0. The normalized spacial score (nSPS) is 12.1. The number of pyridine rings is 1. The predicted molar refractivity (Wildman–Crippen MR) is 222 cm³/mol. The molecular weight excluding hydrogens is 675 g/mol. The molecule has 0 aliphatic carbocycles. The predicted octanol–water partition coefficient (Wildman–Crippen LogP) is 12.3. The molecule has 0 saturated carbocycles. The van der Waals surface area contributed by atoms with Crippen molar-refractivity contribution in [3.05, 3.63) is 176 Å². The maximum Gasteiger partial charge on any atom is 0.235 e. The third kappa shape index (κ3) is 4.46. The lowest BCUT2D eigenvalue weighted by Crippen LogP contribution is -2.07. The largest absolute Gasteiger partial charge is 0.437 e. The van der Waals surface area contributed by atoms with Crippen LogP contribution in [0.5, 0.6) is 11.6 Å². The van der Waals surface area contributed by atoms with Gasteiger partial charge in [-0.3, -0.25) is 4.57 Å². The summed E-state index contributed by atoms with van der Waals surface area (Å²) in [5.41, 5.74) is 12.3. The average molecular weight is 704 g/mol. The molecule has 1 aliphatic rings. The maximum atomic E-state index is 6.41. The lowest BCUT2D eigenvalue weighted by Gasteiger charge is -2.21. The van der Waals surface area contributed by atoms with Crippen LogP contribution < -0.4 is 4.74 Å². The molecule has 0 bridgehead atoms. The van der Waals surface area contributed by atoms with Gasteiger partial charge in [-0.25, -0.2) is 15.0 Å². The summed E-state index contributed by atoms with van der Waals surface area (Å²) in [7, 11) is 0. The van der Waals surface area contributed by atoms with Crippen LogP contribution in [0, 0.1) is 0 Å². The van der Waals surface area contributed by atoms with Crippen LogP contribution in [0.15, 0.2) is 176 Å². The number of hydrogen-bond donors (Lipinski definition) is 0. The van der Waals surface area contributed by atoms with Gasteiger partial charge in [0.1, 0.15) is 5.75 Å². The van der Waals surface area contributed by atoms with Crippen LogP contribution in [0.3, 0.4) is 0 Å². The third-order valence-electron chi connectivity index (χ3n) is 11.0. The summed E-state index contributed by atoms with van der Waals surface area (Å²) in [6, 6.07) is 61.6. The van der Waals surface area contributed by atoms with E-state index in [0.717, 1.165) is 66.5 Å². The van der Waals surface area contributed by atoms with Gasteiger partial charge in [0.15, 0.2) is 0 Å². The van der Waals surface area contributed by atoms with Crippen molar-refractivity contribution in [1.82, 2.24) is 24.1 Å². The molecule has 6 nitrogen and oxygen atoms in total. The lowest BCUT2D eigenvalue weighted by molar-refractivity contribution is 0.467. The molecule has 0 unspecified atom stereocenters. The van der Waals surface area contributed by atoms with Gasteiger partial charge in [-0.05, 0) is 83.9 Å². The van der Waals surface area contributed by atoms with E-state index < -0.39 is 0 Å². The standard InChI is InChI=1S/C49H29N5O/c1-3-12-30(13-4-1)39-25-24-36-47-46-40(18-11-21-45(46)55-48(36)50-39)51-49(52-47)54-42-20-10-8-17-35(42)38-29-32(23-27-44(38)54)31-22-26-43-37(28-31)34-16-7-9-19-41(34)53(43)33-14-5-2-6-15-33/h1-29H. The second-order valence-electron chi connectivity index (χ2n) is 14.0.